The Balaban J connectivity index is 2.17. The minimum atomic E-state index is -1.54. The molecule has 24 heavy (non-hydrogen) atoms. The van der Waals surface area contributed by atoms with Gasteiger partial charge in [-0.25, -0.2) is 0 Å². The molecule has 1 aliphatic rings. The topological polar surface area (TPSA) is 129 Å². The molecule has 0 aromatic heterocycles. The van der Waals surface area contributed by atoms with Gasteiger partial charge in [-0.3, -0.25) is 0 Å². The average Bonchev–Trinajstić information content (AvgIpc) is 2.59. The Labute approximate surface area is 139 Å². The van der Waals surface area contributed by atoms with Crippen molar-refractivity contribution in [2.24, 2.45) is 0 Å². The zero-order valence-electron chi connectivity index (χ0n) is 13.5. The molecule has 0 bridgehead atoms. The second kappa shape index (κ2) is 8.21. The molecule has 2 rings (SSSR count). The Kier molecular flexibility index (Phi) is 6.53. The first-order valence-corrected chi connectivity index (χ1v) is 7.67. The molecule has 8 nitrogen and oxygen atoms in total. The molecule has 1 fully saturated rings. The van der Waals surface area contributed by atoms with E-state index in [-0.39, 0.29) is 0 Å². The maximum absolute atomic E-state index is 10.0. The smallest absolute Gasteiger partial charge is 0.187 e. The molecule has 0 aliphatic carbocycles. The first-order valence-electron chi connectivity index (χ1n) is 7.67. The minimum Gasteiger partial charge on any atom is -0.497 e. The fourth-order valence-electron chi connectivity index (χ4n) is 2.59. The minimum absolute atomic E-state index is 0.549. The number of ether oxygens (including phenoxy) is 3. The van der Waals surface area contributed by atoms with Crippen LogP contribution in [0, 0.1) is 0 Å². The van der Waals surface area contributed by atoms with E-state index in [4.69, 9.17) is 14.2 Å². The molecule has 7 atom stereocenters. The van der Waals surface area contributed by atoms with Crippen molar-refractivity contribution < 1.29 is 39.7 Å². The molecule has 8 heteroatoms. The lowest BCUT2D eigenvalue weighted by atomic mass is 9.99. The van der Waals surface area contributed by atoms with Gasteiger partial charge in [0.05, 0.1) is 19.8 Å². The maximum Gasteiger partial charge on any atom is 0.187 e. The lowest BCUT2D eigenvalue weighted by Crippen LogP contribution is -2.59. The van der Waals surface area contributed by atoms with Gasteiger partial charge in [0.15, 0.2) is 6.29 Å². The van der Waals surface area contributed by atoms with Gasteiger partial charge in [0.1, 0.15) is 36.3 Å². The van der Waals surface area contributed by atoms with Crippen molar-refractivity contribution in [1.82, 2.24) is 0 Å². The summed E-state index contributed by atoms with van der Waals surface area (Å²) in [5.74, 6) is 0.635. The van der Waals surface area contributed by atoms with Crippen LogP contribution in [0.1, 0.15) is 18.6 Å². The number of hydrogen-bond acceptors (Lipinski definition) is 8. The Morgan fingerprint density at radius 1 is 1.08 bits per heavy atom. The van der Waals surface area contributed by atoms with E-state index in [9.17, 15) is 25.5 Å². The van der Waals surface area contributed by atoms with Gasteiger partial charge in [0, 0.05) is 0 Å². The van der Waals surface area contributed by atoms with Gasteiger partial charge in [0.2, 0.25) is 0 Å². The van der Waals surface area contributed by atoms with E-state index in [0.717, 1.165) is 0 Å². The Morgan fingerprint density at radius 3 is 2.21 bits per heavy atom. The molecule has 0 radical (unpaired) electrons. The van der Waals surface area contributed by atoms with E-state index in [2.05, 4.69) is 0 Å². The molecular weight excluding hydrogens is 320 g/mol. The number of methoxy groups -OCH3 is 1. The fraction of sp³-hybridized carbons (Fsp3) is 0.625. The van der Waals surface area contributed by atoms with Crippen molar-refractivity contribution in [2.75, 3.05) is 13.7 Å². The van der Waals surface area contributed by atoms with Gasteiger partial charge < -0.3 is 39.7 Å². The zero-order valence-corrected chi connectivity index (χ0v) is 13.5. The first-order chi connectivity index (χ1) is 11.4. The number of hydrogen-bond donors (Lipinski definition) is 5. The zero-order chi connectivity index (χ0) is 17.9. The van der Waals surface area contributed by atoms with Crippen LogP contribution in [0.2, 0.25) is 0 Å². The highest BCUT2D eigenvalue weighted by Gasteiger charge is 2.45. The van der Waals surface area contributed by atoms with Crippen LogP contribution in [-0.4, -0.2) is 76.1 Å². The molecule has 1 saturated heterocycles. The number of aliphatic hydroxyl groups is 5. The summed E-state index contributed by atoms with van der Waals surface area (Å²) in [5.41, 5.74) is 0.614. The molecule has 1 aromatic carbocycles. The normalized spacial score (nSPS) is 33.0. The predicted molar refractivity (Wildman–Crippen MR) is 82.3 cm³/mol. The number of rotatable bonds is 6. The number of aliphatic hydroxyl groups excluding tert-OH is 5. The lowest BCUT2D eigenvalue weighted by Gasteiger charge is -2.41. The summed E-state index contributed by atoms with van der Waals surface area (Å²) in [6, 6.07) is 6.78. The summed E-state index contributed by atoms with van der Waals surface area (Å²) in [6.45, 7) is 0.964. The van der Waals surface area contributed by atoms with Crippen LogP contribution in [-0.2, 0) is 9.47 Å². The summed E-state index contributed by atoms with van der Waals surface area (Å²) in [5, 5.41) is 48.8. The third kappa shape index (κ3) is 4.04. The summed E-state index contributed by atoms with van der Waals surface area (Å²) in [4.78, 5) is 0. The monoisotopic (exact) mass is 344 g/mol. The van der Waals surface area contributed by atoms with Crippen LogP contribution in [0.15, 0.2) is 24.3 Å². The fourth-order valence-corrected chi connectivity index (χ4v) is 2.59. The van der Waals surface area contributed by atoms with Crippen molar-refractivity contribution in [2.45, 2.75) is 49.8 Å². The average molecular weight is 344 g/mol. The van der Waals surface area contributed by atoms with E-state index < -0.39 is 49.5 Å². The highest BCUT2D eigenvalue weighted by atomic mass is 16.7. The van der Waals surface area contributed by atoms with Gasteiger partial charge in [-0.2, -0.15) is 0 Å². The molecular formula is C16H24O8. The first kappa shape index (κ1) is 19.1. The Bertz CT molecular complexity index is 503. The third-order valence-corrected chi connectivity index (χ3v) is 4.01. The molecule has 1 heterocycles. The summed E-state index contributed by atoms with van der Waals surface area (Å²) >= 11 is 0. The second-order valence-corrected chi connectivity index (χ2v) is 5.77. The van der Waals surface area contributed by atoms with Crippen molar-refractivity contribution in [3.8, 4) is 5.75 Å². The molecule has 1 aromatic rings. The predicted octanol–water partition coefficient (Wildman–Crippen LogP) is -1.07. The summed E-state index contributed by atoms with van der Waals surface area (Å²) in [6.07, 6.45) is -8.70. The molecule has 0 unspecified atom stereocenters. The van der Waals surface area contributed by atoms with E-state index in [1.165, 1.54) is 14.0 Å². The number of benzene rings is 1. The van der Waals surface area contributed by atoms with E-state index in [1.54, 1.807) is 24.3 Å². The van der Waals surface area contributed by atoms with Gasteiger partial charge >= 0.3 is 0 Å². The maximum atomic E-state index is 10.0. The summed E-state index contributed by atoms with van der Waals surface area (Å²) < 4.78 is 16.0. The highest BCUT2D eigenvalue weighted by molar-refractivity contribution is 5.29. The van der Waals surface area contributed by atoms with Crippen LogP contribution in [0.4, 0.5) is 0 Å². The molecule has 136 valence electrons. The van der Waals surface area contributed by atoms with Crippen molar-refractivity contribution >= 4 is 0 Å². The van der Waals surface area contributed by atoms with E-state index >= 15 is 0 Å². The van der Waals surface area contributed by atoms with Gasteiger partial charge in [-0.05, 0) is 24.6 Å². The second-order valence-electron chi connectivity index (χ2n) is 5.77. The van der Waals surface area contributed by atoms with Gasteiger partial charge in [-0.1, -0.05) is 12.1 Å². The van der Waals surface area contributed by atoms with Crippen molar-refractivity contribution in [1.29, 1.82) is 0 Å². The third-order valence-electron chi connectivity index (χ3n) is 4.01. The highest BCUT2D eigenvalue weighted by Crippen LogP contribution is 2.30. The van der Waals surface area contributed by atoms with Crippen LogP contribution in [0.5, 0.6) is 5.75 Å². The van der Waals surface area contributed by atoms with Crippen molar-refractivity contribution in [3.05, 3.63) is 29.8 Å². The van der Waals surface area contributed by atoms with E-state index in [1.807, 2.05) is 0 Å². The molecule has 1 aliphatic heterocycles. The van der Waals surface area contributed by atoms with Crippen LogP contribution < -0.4 is 4.74 Å². The molecule has 5 N–H and O–H groups in total. The van der Waals surface area contributed by atoms with Gasteiger partial charge in [-0.15, -0.1) is 0 Å². The van der Waals surface area contributed by atoms with Crippen molar-refractivity contribution in [3.63, 3.8) is 0 Å². The van der Waals surface area contributed by atoms with Crippen LogP contribution >= 0.6 is 0 Å². The standard InChI is InChI=1S/C16H24O8/c1-8(18)15(9-3-5-10(22-2)6-4-9)24-16-14(21)13(20)12(19)11(7-17)23-16/h3-6,8,11-21H,7H2,1-2H3/t8-,11+,12-,13-,14+,15-,16-/m1/s1. The van der Waals surface area contributed by atoms with Crippen LogP contribution in [0.25, 0.3) is 0 Å². The molecule has 0 spiro atoms. The molecule has 0 amide bonds. The van der Waals surface area contributed by atoms with Gasteiger partial charge in [0.25, 0.3) is 0 Å². The largest absolute Gasteiger partial charge is 0.497 e. The quantitative estimate of drug-likeness (QED) is 0.441. The Morgan fingerprint density at radius 2 is 1.71 bits per heavy atom. The van der Waals surface area contributed by atoms with Crippen LogP contribution in [0.3, 0.4) is 0 Å². The lowest BCUT2D eigenvalue weighted by molar-refractivity contribution is -0.317. The molecule has 0 saturated carbocycles. The summed E-state index contributed by atoms with van der Waals surface area (Å²) in [7, 11) is 1.53. The Hall–Kier alpha value is -1.26. The SMILES string of the molecule is COc1ccc([C@H](O[C@H]2O[C@@H](CO)[C@@H](O)[C@@H](O)[C@@H]2O)[C@@H](C)O)cc1. The van der Waals surface area contributed by atoms with E-state index in [0.29, 0.717) is 11.3 Å².